The molecule has 0 fully saturated rings. The van der Waals surface area contributed by atoms with E-state index >= 15 is 0 Å². The van der Waals surface area contributed by atoms with Crippen molar-refractivity contribution in [1.29, 1.82) is 0 Å². The van der Waals surface area contributed by atoms with Gasteiger partial charge in [-0.2, -0.15) is 0 Å². The summed E-state index contributed by atoms with van der Waals surface area (Å²) in [4.78, 5) is 11.6. The fourth-order valence-electron chi connectivity index (χ4n) is 2.26. The zero-order chi connectivity index (χ0) is 18.5. The topological polar surface area (TPSA) is 55.8 Å². The van der Waals surface area contributed by atoms with E-state index in [0.29, 0.717) is 32.9 Å². The Labute approximate surface area is 160 Å². The monoisotopic (exact) mass is 388 g/mol. The third kappa shape index (κ3) is 4.69. The van der Waals surface area contributed by atoms with Crippen molar-refractivity contribution in [2.24, 2.45) is 0 Å². The first-order valence-corrected chi connectivity index (χ1v) is 8.45. The van der Waals surface area contributed by atoms with Crippen LogP contribution < -0.4 is 9.47 Å². The quantitative estimate of drug-likeness (QED) is 0.563. The molecule has 0 aliphatic rings. The van der Waals surface area contributed by atoms with Crippen molar-refractivity contribution in [2.45, 2.75) is 6.10 Å². The van der Waals surface area contributed by atoms with Crippen LogP contribution in [0.3, 0.4) is 0 Å². The average molecular weight is 389 g/mol. The molecule has 0 saturated carbocycles. The van der Waals surface area contributed by atoms with E-state index in [4.69, 9.17) is 32.7 Å². The van der Waals surface area contributed by atoms with E-state index in [0.717, 1.165) is 0 Å². The molecular weight excluding hydrogens is 375 g/mol. The highest BCUT2D eigenvalue weighted by molar-refractivity contribution is 6.30. The molecule has 1 N–H and O–H groups in total. The Morgan fingerprint density at radius 2 is 1.15 bits per heavy atom. The Morgan fingerprint density at radius 1 is 0.731 bits per heavy atom. The minimum Gasteiger partial charge on any atom is -0.478 e. The number of carbonyl (C=O) groups is 1. The molecule has 4 nitrogen and oxygen atoms in total. The number of hydrogen-bond acceptors (Lipinski definition) is 3. The Morgan fingerprint density at radius 3 is 1.62 bits per heavy atom. The predicted octanol–water partition coefficient (Wildman–Crippen LogP) is 5.99. The molecule has 0 amide bonds. The molecule has 3 aromatic carbocycles. The van der Waals surface area contributed by atoms with Gasteiger partial charge in [0.1, 0.15) is 17.2 Å². The van der Waals surface area contributed by atoms with Crippen LogP contribution in [0, 0.1) is 0 Å². The highest BCUT2D eigenvalue weighted by atomic mass is 35.5. The van der Waals surface area contributed by atoms with Crippen LogP contribution in [0.5, 0.6) is 17.2 Å². The third-order valence-electron chi connectivity index (χ3n) is 3.52. The standard InChI is InChI=1S/C20H14Cl2O4/c21-14-3-9-17(10-4-14)25-16-7-1-13(2-8-16)19(20(23)24)26-18-11-5-15(22)6-12-18/h1-12,19H,(H,23,24). The second-order valence-electron chi connectivity index (χ2n) is 5.42. The Kier molecular flexibility index (Phi) is 5.66. The van der Waals surface area contributed by atoms with Crippen LogP contribution in [0.1, 0.15) is 11.7 Å². The fourth-order valence-corrected chi connectivity index (χ4v) is 2.51. The second kappa shape index (κ2) is 8.13. The van der Waals surface area contributed by atoms with Gasteiger partial charge in [0.05, 0.1) is 0 Å². The lowest BCUT2D eigenvalue weighted by Gasteiger charge is -2.16. The van der Waals surface area contributed by atoms with Gasteiger partial charge in [-0.1, -0.05) is 35.3 Å². The van der Waals surface area contributed by atoms with Gasteiger partial charge in [0.15, 0.2) is 0 Å². The zero-order valence-corrected chi connectivity index (χ0v) is 14.9. The largest absolute Gasteiger partial charge is 0.478 e. The molecule has 0 saturated heterocycles. The molecule has 6 heteroatoms. The zero-order valence-electron chi connectivity index (χ0n) is 13.4. The Balaban J connectivity index is 1.74. The van der Waals surface area contributed by atoms with E-state index in [1.807, 2.05) is 0 Å². The molecule has 0 spiro atoms. The first-order valence-electron chi connectivity index (χ1n) is 7.70. The fraction of sp³-hybridized carbons (Fsp3) is 0.0500. The lowest BCUT2D eigenvalue weighted by Crippen LogP contribution is -2.18. The maximum atomic E-state index is 11.6. The molecule has 0 aliphatic heterocycles. The maximum absolute atomic E-state index is 11.6. The summed E-state index contributed by atoms with van der Waals surface area (Å²) >= 11 is 11.7. The minimum absolute atomic E-state index is 0.420. The van der Waals surface area contributed by atoms with Crippen molar-refractivity contribution in [1.82, 2.24) is 0 Å². The van der Waals surface area contributed by atoms with E-state index in [1.54, 1.807) is 72.8 Å². The van der Waals surface area contributed by atoms with Gasteiger partial charge in [-0.25, -0.2) is 4.79 Å². The summed E-state index contributed by atoms with van der Waals surface area (Å²) in [6.07, 6.45) is -1.14. The van der Waals surface area contributed by atoms with Crippen LogP contribution in [0.4, 0.5) is 0 Å². The lowest BCUT2D eigenvalue weighted by molar-refractivity contribution is -0.145. The van der Waals surface area contributed by atoms with Crippen LogP contribution in [0.2, 0.25) is 10.0 Å². The minimum atomic E-state index is -1.14. The van der Waals surface area contributed by atoms with E-state index in [-0.39, 0.29) is 0 Å². The van der Waals surface area contributed by atoms with E-state index in [2.05, 4.69) is 0 Å². The smallest absolute Gasteiger partial charge is 0.349 e. The summed E-state index contributed by atoms with van der Waals surface area (Å²) in [6, 6.07) is 20.2. The molecule has 3 rings (SSSR count). The predicted molar refractivity (Wildman–Crippen MR) is 100 cm³/mol. The highest BCUT2D eigenvalue weighted by Gasteiger charge is 2.22. The van der Waals surface area contributed by atoms with Gasteiger partial charge in [-0.3, -0.25) is 0 Å². The van der Waals surface area contributed by atoms with Gasteiger partial charge in [0, 0.05) is 15.6 Å². The Hall–Kier alpha value is -2.69. The lowest BCUT2D eigenvalue weighted by atomic mass is 10.1. The summed E-state index contributed by atoms with van der Waals surface area (Å²) < 4.78 is 11.3. The van der Waals surface area contributed by atoms with Gasteiger partial charge in [-0.15, -0.1) is 0 Å². The van der Waals surface area contributed by atoms with Crippen molar-refractivity contribution in [2.75, 3.05) is 0 Å². The molecule has 0 aromatic heterocycles. The van der Waals surface area contributed by atoms with Gasteiger partial charge in [-0.05, 0) is 60.7 Å². The third-order valence-corrected chi connectivity index (χ3v) is 4.03. The van der Waals surface area contributed by atoms with Gasteiger partial charge < -0.3 is 14.6 Å². The van der Waals surface area contributed by atoms with Crippen LogP contribution in [0.15, 0.2) is 72.8 Å². The first kappa shape index (κ1) is 18.1. The normalized spacial score (nSPS) is 11.6. The summed E-state index contributed by atoms with van der Waals surface area (Å²) in [5.41, 5.74) is 0.496. The highest BCUT2D eigenvalue weighted by Crippen LogP contribution is 2.27. The van der Waals surface area contributed by atoms with Crippen molar-refractivity contribution < 1.29 is 19.4 Å². The maximum Gasteiger partial charge on any atom is 0.349 e. The number of benzene rings is 3. The SMILES string of the molecule is O=C(O)C(Oc1ccc(Cl)cc1)c1ccc(Oc2ccc(Cl)cc2)cc1. The number of ether oxygens (including phenoxy) is 2. The first-order chi connectivity index (χ1) is 12.5. The summed E-state index contributed by atoms with van der Waals surface area (Å²) in [5, 5.41) is 10.6. The molecule has 0 radical (unpaired) electrons. The molecule has 132 valence electrons. The van der Waals surface area contributed by atoms with Gasteiger partial charge in [0.2, 0.25) is 6.10 Å². The van der Waals surface area contributed by atoms with Crippen molar-refractivity contribution >= 4 is 29.2 Å². The number of hydrogen-bond donors (Lipinski definition) is 1. The molecule has 0 aliphatic carbocycles. The van der Waals surface area contributed by atoms with Crippen LogP contribution >= 0.6 is 23.2 Å². The molecule has 1 atom stereocenters. The number of rotatable bonds is 6. The second-order valence-corrected chi connectivity index (χ2v) is 6.29. The van der Waals surface area contributed by atoms with Crippen LogP contribution in [-0.4, -0.2) is 11.1 Å². The molecule has 0 bridgehead atoms. The number of aliphatic carboxylic acids is 1. The summed E-state index contributed by atoms with van der Waals surface area (Å²) in [6.45, 7) is 0. The van der Waals surface area contributed by atoms with E-state index < -0.39 is 12.1 Å². The molecule has 1 unspecified atom stereocenters. The molecule has 26 heavy (non-hydrogen) atoms. The van der Waals surface area contributed by atoms with Gasteiger partial charge in [0.25, 0.3) is 0 Å². The average Bonchev–Trinajstić information content (AvgIpc) is 2.64. The molecular formula is C20H14Cl2O4. The van der Waals surface area contributed by atoms with Gasteiger partial charge >= 0.3 is 5.97 Å². The van der Waals surface area contributed by atoms with Crippen LogP contribution in [0.25, 0.3) is 0 Å². The number of carboxylic acids is 1. The van der Waals surface area contributed by atoms with Crippen LogP contribution in [-0.2, 0) is 4.79 Å². The van der Waals surface area contributed by atoms with Crippen molar-refractivity contribution in [3.05, 3.63) is 88.4 Å². The molecule has 0 heterocycles. The van der Waals surface area contributed by atoms with Crippen molar-refractivity contribution in [3.63, 3.8) is 0 Å². The number of halogens is 2. The van der Waals surface area contributed by atoms with E-state index in [9.17, 15) is 9.90 Å². The van der Waals surface area contributed by atoms with E-state index in [1.165, 1.54) is 0 Å². The molecule has 3 aromatic rings. The Bertz CT molecular complexity index is 875. The summed E-state index contributed by atoms with van der Waals surface area (Å²) in [5.74, 6) is 0.538. The summed E-state index contributed by atoms with van der Waals surface area (Å²) in [7, 11) is 0. The van der Waals surface area contributed by atoms with Crippen molar-refractivity contribution in [3.8, 4) is 17.2 Å². The number of carboxylic acid groups (broad SMARTS) is 1.